The fourth-order valence-corrected chi connectivity index (χ4v) is 3.79. The SMILES string of the molecule is CCOC(=O)C(C)(C)C(=O)c1cc(OC)c(OCOC)c2c(Cc3ccccc3)cccc12. The Hall–Kier alpha value is -3.38. The zero-order valence-electron chi connectivity index (χ0n) is 19.8. The van der Waals surface area contributed by atoms with E-state index < -0.39 is 11.4 Å². The third kappa shape index (κ3) is 5.01. The highest BCUT2D eigenvalue weighted by Gasteiger charge is 2.39. The molecule has 0 atom stereocenters. The third-order valence-electron chi connectivity index (χ3n) is 5.54. The molecule has 3 rings (SSSR count). The summed E-state index contributed by atoms with van der Waals surface area (Å²) in [6.45, 7) is 5.09. The summed E-state index contributed by atoms with van der Waals surface area (Å²) < 4.78 is 21.8. The summed E-state index contributed by atoms with van der Waals surface area (Å²) in [7, 11) is 3.06. The number of fused-ring (bicyclic) bond motifs is 1. The maximum Gasteiger partial charge on any atom is 0.319 e. The summed E-state index contributed by atoms with van der Waals surface area (Å²) in [5.41, 5.74) is 1.09. The normalized spacial score (nSPS) is 11.3. The lowest BCUT2D eigenvalue weighted by Crippen LogP contribution is -2.35. The Morgan fingerprint density at radius 2 is 1.70 bits per heavy atom. The number of hydrogen-bond donors (Lipinski definition) is 0. The van der Waals surface area contributed by atoms with Crippen molar-refractivity contribution in [3.05, 3.63) is 71.3 Å². The predicted octanol–water partition coefficient (Wildman–Crippen LogP) is 5.19. The van der Waals surface area contributed by atoms with Crippen LogP contribution in [0.4, 0.5) is 0 Å². The van der Waals surface area contributed by atoms with E-state index in [-0.39, 0.29) is 19.2 Å². The maximum atomic E-state index is 13.6. The minimum Gasteiger partial charge on any atom is -0.493 e. The Morgan fingerprint density at radius 3 is 2.33 bits per heavy atom. The number of esters is 1. The first-order valence-corrected chi connectivity index (χ1v) is 10.8. The van der Waals surface area contributed by atoms with Gasteiger partial charge >= 0.3 is 5.97 Å². The van der Waals surface area contributed by atoms with Gasteiger partial charge in [-0.15, -0.1) is 0 Å². The second-order valence-corrected chi connectivity index (χ2v) is 8.18. The number of hydrogen-bond acceptors (Lipinski definition) is 6. The van der Waals surface area contributed by atoms with E-state index in [1.807, 2.05) is 48.5 Å². The summed E-state index contributed by atoms with van der Waals surface area (Å²) in [4.78, 5) is 26.2. The quantitative estimate of drug-likeness (QED) is 0.183. The van der Waals surface area contributed by atoms with Crippen molar-refractivity contribution in [3.8, 4) is 11.5 Å². The van der Waals surface area contributed by atoms with Crippen molar-refractivity contribution >= 4 is 22.5 Å². The number of rotatable bonds is 10. The summed E-state index contributed by atoms with van der Waals surface area (Å²) in [6.07, 6.45) is 0.629. The fourth-order valence-electron chi connectivity index (χ4n) is 3.79. The summed E-state index contributed by atoms with van der Waals surface area (Å²) >= 11 is 0. The maximum absolute atomic E-state index is 13.6. The molecule has 0 amide bonds. The van der Waals surface area contributed by atoms with E-state index >= 15 is 0 Å². The van der Waals surface area contributed by atoms with Crippen LogP contribution in [0, 0.1) is 5.41 Å². The molecule has 0 bridgehead atoms. The van der Waals surface area contributed by atoms with Crippen molar-refractivity contribution in [1.82, 2.24) is 0 Å². The average molecular weight is 451 g/mol. The van der Waals surface area contributed by atoms with Gasteiger partial charge in [0.05, 0.1) is 13.7 Å². The van der Waals surface area contributed by atoms with Gasteiger partial charge in [-0.3, -0.25) is 9.59 Å². The molecule has 0 aromatic heterocycles. The number of ketones is 1. The van der Waals surface area contributed by atoms with Gasteiger partial charge in [-0.1, -0.05) is 48.5 Å². The van der Waals surface area contributed by atoms with Crippen LogP contribution in [0.2, 0.25) is 0 Å². The zero-order chi connectivity index (χ0) is 24.0. The fraction of sp³-hybridized carbons (Fsp3) is 0.333. The van der Waals surface area contributed by atoms with Crippen LogP contribution in [0.5, 0.6) is 11.5 Å². The molecular weight excluding hydrogens is 420 g/mol. The second-order valence-electron chi connectivity index (χ2n) is 8.18. The zero-order valence-corrected chi connectivity index (χ0v) is 19.8. The van der Waals surface area contributed by atoms with Gasteiger partial charge in [0.1, 0.15) is 5.41 Å². The van der Waals surface area contributed by atoms with Crippen LogP contribution in [0.25, 0.3) is 10.8 Å². The van der Waals surface area contributed by atoms with Crippen molar-refractivity contribution < 1.29 is 28.5 Å². The highest BCUT2D eigenvalue weighted by molar-refractivity contribution is 6.19. The molecule has 6 heteroatoms. The van der Waals surface area contributed by atoms with E-state index in [2.05, 4.69) is 0 Å². The largest absolute Gasteiger partial charge is 0.493 e. The molecule has 0 heterocycles. The molecule has 33 heavy (non-hydrogen) atoms. The molecule has 3 aromatic carbocycles. The van der Waals surface area contributed by atoms with E-state index in [4.69, 9.17) is 18.9 Å². The van der Waals surface area contributed by atoms with Crippen LogP contribution in [-0.2, 0) is 20.7 Å². The predicted molar refractivity (Wildman–Crippen MR) is 127 cm³/mol. The van der Waals surface area contributed by atoms with Crippen LogP contribution in [0.1, 0.15) is 42.3 Å². The van der Waals surface area contributed by atoms with Gasteiger partial charge in [0, 0.05) is 18.1 Å². The van der Waals surface area contributed by atoms with E-state index in [1.165, 1.54) is 7.11 Å². The molecule has 0 aliphatic carbocycles. The Balaban J connectivity index is 2.26. The van der Waals surface area contributed by atoms with Gasteiger partial charge in [0.2, 0.25) is 0 Å². The molecule has 0 spiro atoms. The van der Waals surface area contributed by atoms with Crippen LogP contribution in [-0.4, -0.2) is 39.4 Å². The van der Waals surface area contributed by atoms with Crippen LogP contribution >= 0.6 is 0 Å². The van der Waals surface area contributed by atoms with Gasteiger partial charge in [-0.25, -0.2) is 0 Å². The van der Waals surface area contributed by atoms with Crippen LogP contribution in [0.3, 0.4) is 0 Å². The molecule has 0 unspecified atom stereocenters. The lowest BCUT2D eigenvalue weighted by Gasteiger charge is -2.24. The van der Waals surface area contributed by atoms with Gasteiger partial charge in [0.15, 0.2) is 24.1 Å². The Labute approximate surface area is 194 Å². The van der Waals surface area contributed by atoms with Crippen molar-refractivity contribution in [3.63, 3.8) is 0 Å². The molecule has 0 aliphatic heterocycles. The van der Waals surface area contributed by atoms with E-state index in [9.17, 15) is 9.59 Å². The van der Waals surface area contributed by atoms with Gasteiger partial charge < -0.3 is 18.9 Å². The van der Waals surface area contributed by atoms with Crippen LogP contribution in [0.15, 0.2) is 54.6 Å². The van der Waals surface area contributed by atoms with Crippen molar-refractivity contribution in [1.29, 1.82) is 0 Å². The molecule has 0 saturated carbocycles. The molecule has 3 aromatic rings. The van der Waals surface area contributed by atoms with Crippen molar-refractivity contribution in [2.45, 2.75) is 27.2 Å². The highest BCUT2D eigenvalue weighted by Crippen LogP contribution is 2.42. The minimum absolute atomic E-state index is 0.0206. The lowest BCUT2D eigenvalue weighted by molar-refractivity contribution is -0.150. The molecule has 0 fully saturated rings. The van der Waals surface area contributed by atoms with E-state index in [0.29, 0.717) is 28.9 Å². The number of methoxy groups -OCH3 is 2. The number of Topliss-reactive ketones (excluding diaryl/α,β-unsaturated/α-hetero) is 1. The Morgan fingerprint density at radius 1 is 0.970 bits per heavy atom. The third-order valence-corrected chi connectivity index (χ3v) is 5.54. The molecule has 6 nitrogen and oxygen atoms in total. The molecule has 0 N–H and O–H groups in total. The molecule has 0 aliphatic rings. The topological polar surface area (TPSA) is 71.1 Å². The molecule has 0 radical (unpaired) electrons. The number of ether oxygens (including phenoxy) is 4. The molecule has 0 saturated heterocycles. The van der Waals surface area contributed by atoms with Crippen molar-refractivity contribution in [2.75, 3.05) is 27.6 Å². The van der Waals surface area contributed by atoms with Crippen LogP contribution < -0.4 is 9.47 Å². The smallest absolute Gasteiger partial charge is 0.319 e. The van der Waals surface area contributed by atoms with Crippen molar-refractivity contribution in [2.24, 2.45) is 5.41 Å². The number of benzene rings is 3. The Kier molecular flexibility index (Phi) is 7.71. The first-order valence-electron chi connectivity index (χ1n) is 10.8. The highest BCUT2D eigenvalue weighted by atomic mass is 16.7. The number of carbonyl (C=O) groups is 2. The second kappa shape index (κ2) is 10.5. The molecular formula is C27H30O6. The minimum atomic E-state index is -1.36. The summed E-state index contributed by atoms with van der Waals surface area (Å²) in [6, 6.07) is 17.4. The van der Waals surface area contributed by atoms with Gasteiger partial charge in [0.25, 0.3) is 0 Å². The summed E-state index contributed by atoms with van der Waals surface area (Å²) in [5, 5.41) is 1.43. The van der Waals surface area contributed by atoms with Gasteiger partial charge in [-0.05, 0) is 49.8 Å². The Bertz CT molecular complexity index is 1130. The monoisotopic (exact) mass is 450 g/mol. The average Bonchev–Trinajstić information content (AvgIpc) is 2.82. The summed E-state index contributed by atoms with van der Waals surface area (Å²) in [5.74, 6) is -0.0314. The first-order chi connectivity index (χ1) is 15.8. The molecule has 174 valence electrons. The first kappa shape index (κ1) is 24.3. The standard InChI is InChI=1S/C27H30O6/c1-6-32-26(29)27(2,3)25(28)21-16-22(31-5)24(33-17-30-4)23-19(13-10-14-20(21)23)15-18-11-8-7-9-12-18/h7-14,16H,6,15,17H2,1-5H3. The van der Waals surface area contributed by atoms with E-state index in [0.717, 1.165) is 16.5 Å². The van der Waals surface area contributed by atoms with E-state index in [1.54, 1.807) is 33.9 Å². The lowest BCUT2D eigenvalue weighted by atomic mass is 9.81. The number of carbonyl (C=O) groups excluding carboxylic acids is 2. The van der Waals surface area contributed by atoms with Gasteiger partial charge in [-0.2, -0.15) is 0 Å².